The minimum atomic E-state index is -6.28. The maximum absolute atomic E-state index is 12.7. The van der Waals surface area contributed by atoms with Crippen molar-refractivity contribution < 1.29 is 48.8 Å². The lowest BCUT2D eigenvalue weighted by atomic mass is 10.0. The number of hydrogen-bond acceptors (Lipinski definition) is 4. The Balaban J connectivity index is 5.89. The summed E-state index contributed by atoms with van der Waals surface area (Å²) in [4.78, 5) is 11.1. The number of carbonyl (C=O) groups is 1. The van der Waals surface area contributed by atoms with E-state index in [1.54, 1.807) is 0 Å². The molecule has 0 atom stereocenters. The first kappa shape index (κ1) is 20.0. The van der Waals surface area contributed by atoms with E-state index in [0.29, 0.717) is 0 Å². The first-order valence-electron chi connectivity index (χ1n) is 5.32. The third-order valence-corrected chi connectivity index (χ3v) is 2.94. The summed E-state index contributed by atoms with van der Waals surface area (Å²) >= 11 is 0. The fourth-order valence-corrected chi connectivity index (χ4v) is 2.20. The van der Waals surface area contributed by atoms with Gasteiger partial charge in [-0.25, -0.2) is 0 Å². The molecule has 0 rings (SSSR count). The predicted molar refractivity (Wildman–Crippen MR) is 56.8 cm³/mol. The summed E-state index contributed by atoms with van der Waals surface area (Å²) in [5.41, 5.74) is -5.32. The lowest BCUT2D eigenvalue weighted by molar-refractivity contribution is -0.361. The van der Waals surface area contributed by atoms with E-state index in [0.717, 1.165) is 0 Å². The lowest BCUT2D eigenvalue weighted by Gasteiger charge is -2.35. The number of esters is 1. The fraction of sp³-hybridized carbons (Fsp3) is 0.889. The molecule has 0 fully saturated rings. The van der Waals surface area contributed by atoms with Crippen LogP contribution in [0.4, 0.5) is 26.3 Å². The lowest BCUT2D eigenvalue weighted by Crippen LogP contribution is -2.63. The largest absolute Gasteiger partial charge is 0.438 e. The molecule has 0 aliphatic heterocycles. The van der Waals surface area contributed by atoms with Gasteiger partial charge in [-0.1, -0.05) is 13.8 Å². The molecule has 0 saturated heterocycles. The van der Waals surface area contributed by atoms with Gasteiger partial charge in [0, 0.05) is 6.42 Å². The van der Waals surface area contributed by atoms with E-state index in [-0.39, 0.29) is 0 Å². The second-order valence-electron chi connectivity index (χ2n) is 4.62. The van der Waals surface area contributed by atoms with Crippen LogP contribution in [-0.2, 0) is 19.6 Å². The van der Waals surface area contributed by atoms with Gasteiger partial charge in [0.15, 0.2) is 0 Å². The zero-order chi connectivity index (χ0) is 17.3. The van der Waals surface area contributed by atoms with Gasteiger partial charge >= 0.3 is 23.9 Å². The van der Waals surface area contributed by atoms with Gasteiger partial charge < -0.3 is 4.74 Å². The van der Waals surface area contributed by atoms with E-state index in [1.807, 2.05) is 0 Å². The minimum absolute atomic E-state index is 0.623. The maximum Gasteiger partial charge on any atom is 0.438 e. The molecule has 0 aromatic carbocycles. The van der Waals surface area contributed by atoms with Crippen molar-refractivity contribution in [2.45, 2.75) is 38.2 Å². The minimum Gasteiger partial charge on any atom is -0.438 e. The molecule has 12 heteroatoms. The van der Waals surface area contributed by atoms with Gasteiger partial charge in [0.2, 0.25) is 0 Å². The molecule has 1 N–H and O–H groups in total. The molecule has 5 nitrogen and oxygen atoms in total. The van der Waals surface area contributed by atoms with Gasteiger partial charge in [-0.15, -0.1) is 0 Å². The monoisotopic (exact) mass is 346 g/mol. The smallest absolute Gasteiger partial charge is 0.438 e. The Morgan fingerprint density at radius 1 is 1.10 bits per heavy atom. The van der Waals surface area contributed by atoms with Crippen molar-refractivity contribution in [1.82, 2.24) is 0 Å². The molecule has 0 bridgehead atoms. The van der Waals surface area contributed by atoms with Crippen molar-refractivity contribution in [2.75, 3.05) is 5.75 Å². The number of hydrogen-bond donors (Lipinski definition) is 1. The van der Waals surface area contributed by atoms with Crippen LogP contribution < -0.4 is 0 Å². The van der Waals surface area contributed by atoms with Gasteiger partial charge in [0.1, 0.15) is 5.75 Å². The second-order valence-corrected chi connectivity index (χ2v) is 6.07. The quantitative estimate of drug-likeness (QED) is 0.469. The number of alkyl halides is 6. The third kappa shape index (κ3) is 5.34. The van der Waals surface area contributed by atoms with E-state index in [9.17, 15) is 39.6 Å². The Kier molecular flexibility index (Phi) is 5.69. The van der Waals surface area contributed by atoms with E-state index >= 15 is 0 Å². The molecular formula is C9H12F6O5S. The highest BCUT2D eigenvalue weighted by atomic mass is 32.2. The van der Waals surface area contributed by atoms with Gasteiger partial charge in [0.05, 0.1) is 0 Å². The number of rotatable bonds is 5. The Bertz CT molecular complexity index is 464. The summed E-state index contributed by atoms with van der Waals surface area (Å²) in [6.07, 6.45) is -13.4. The normalized spacial score (nSPS) is 14.4. The first-order chi connectivity index (χ1) is 9.02. The summed E-state index contributed by atoms with van der Waals surface area (Å²) in [5, 5.41) is 0. The molecule has 21 heavy (non-hydrogen) atoms. The van der Waals surface area contributed by atoms with Crippen LogP contribution in [0, 0.1) is 5.92 Å². The predicted octanol–water partition coefficient (Wildman–Crippen LogP) is 2.33. The van der Waals surface area contributed by atoms with Gasteiger partial charge in [-0.3, -0.25) is 9.35 Å². The highest BCUT2D eigenvalue weighted by molar-refractivity contribution is 7.85. The van der Waals surface area contributed by atoms with Gasteiger partial charge in [0.25, 0.3) is 10.1 Å². The van der Waals surface area contributed by atoms with Crippen LogP contribution >= 0.6 is 0 Å². The molecule has 0 aromatic rings. The zero-order valence-electron chi connectivity index (χ0n) is 10.7. The summed E-state index contributed by atoms with van der Waals surface area (Å²) < 4.78 is 109. The van der Waals surface area contributed by atoms with Gasteiger partial charge in [-0.2, -0.15) is 34.8 Å². The Morgan fingerprint density at radius 2 is 1.48 bits per heavy atom. The molecule has 0 heterocycles. The van der Waals surface area contributed by atoms with Crippen LogP contribution in [-0.4, -0.2) is 42.6 Å². The molecular weight excluding hydrogens is 334 g/mol. The zero-order valence-corrected chi connectivity index (χ0v) is 11.6. The second kappa shape index (κ2) is 5.99. The number of carbonyl (C=O) groups excluding carboxylic acids is 1. The Morgan fingerprint density at radius 3 is 1.71 bits per heavy atom. The van der Waals surface area contributed by atoms with E-state index in [4.69, 9.17) is 4.55 Å². The number of halogens is 6. The maximum atomic E-state index is 12.7. The highest BCUT2D eigenvalue weighted by Crippen LogP contribution is 2.47. The third-order valence-electron chi connectivity index (χ3n) is 2.16. The van der Waals surface area contributed by atoms with E-state index in [2.05, 4.69) is 4.74 Å². The van der Waals surface area contributed by atoms with Crippen molar-refractivity contribution in [3.05, 3.63) is 0 Å². The molecule has 0 radical (unpaired) electrons. The van der Waals surface area contributed by atoms with Crippen LogP contribution in [0.3, 0.4) is 0 Å². The van der Waals surface area contributed by atoms with E-state index in [1.165, 1.54) is 13.8 Å². The molecule has 0 aliphatic carbocycles. The average molecular weight is 346 g/mol. The standard InChI is InChI=1S/C9H12F6O5S/c1-5(2)3-6(16)20-7(8(10,11)12,9(13,14)15)4-21(17,18)19/h5H,3-4H2,1-2H3,(H,17,18,19). The average Bonchev–Trinajstić information content (AvgIpc) is 2.08. The van der Waals surface area contributed by atoms with Crippen molar-refractivity contribution in [1.29, 1.82) is 0 Å². The van der Waals surface area contributed by atoms with Crippen molar-refractivity contribution in [2.24, 2.45) is 5.92 Å². The molecule has 0 amide bonds. The summed E-state index contributed by atoms with van der Waals surface area (Å²) in [6, 6.07) is 0. The van der Waals surface area contributed by atoms with Crippen molar-refractivity contribution in [3.8, 4) is 0 Å². The molecule has 0 saturated carbocycles. The highest BCUT2D eigenvalue weighted by Gasteiger charge is 2.75. The van der Waals surface area contributed by atoms with E-state index < -0.39 is 52.1 Å². The first-order valence-corrected chi connectivity index (χ1v) is 6.93. The fourth-order valence-electron chi connectivity index (χ4n) is 1.30. The molecule has 0 aliphatic rings. The molecule has 0 spiro atoms. The molecule has 0 unspecified atom stereocenters. The summed E-state index contributed by atoms with van der Waals surface area (Å²) in [5.74, 6) is -5.37. The van der Waals surface area contributed by atoms with Crippen molar-refractivity contribution >= 4 is 16.1 Å². The Labute approximate surface area is 116 Å². The van der Waals surface area contributed by atoms with Gasteiger partial charge in [-0.05, 0) is 5.92 Å². The summed E-state index contributed by atoms with van der Waals surface area (Å²) in [7, 11) is -5.74. The number of ether oxygens (including phenoxy) is 1. The Hall–Kier alpha value is -1.04. The SMILES string of the molecule is CC(C)CC(=O)OC(CS(=O)(=O)O)(C(F)(F)F)C(F)(F)F. The summed E-state index contributed by atoms with van der Waals surface area (Å²) in [6.45, 7) is 2.65. The molecule has 126 valence electrons. The topological polar surface area (TPSA) is 80.7 Å². The van der Waals surface area contributed by atoms with Crippen LogP contribution in [0.15, 0.2) is 0 Å². The molecule has 0 aromatic heterocycles. The van der Waals surface area contributed by atoms with Crippen molar-refractivity contribution in [3.63, 3.8) is 0 Å². The van der Waals surface area contributed by atoms with Crippen LogP contribution in [0.1, 0.15) is 20.3 Å². The van der Waals surface area contributed by atoms with Crippen LogP contribution in [0.2, 0.25) is 0 Å². The van der Waals surface area contributed by atoms with Crippen LogP contribution in [0.25, 0.3) is 0 Å². The van der Waals surface area contributed by atoms with Crippen LogP contribution in [0.5, 0.6) is 0 Å².